The molecule has 10 heteroatoms. The lowest BCUT2D eigenvalue weighted by molar-refractivity contribution is 0.0385. The Labute approximate surface area is 195 Å². The van der Waals surface area contributed by atoms with Crippen LogP contribution in [-0.4, -0.2) is 63.0 Å². The Morgan fingerprint density at radius 1 is 1.40 bits per heavy atom. The first kappa shape index (κ1) is 24.6. The smallest absolute Gasteiger partial charge is 0.191 e. The van der Waals surface area contributed by atoms with Crippen LogP contribution < -0.4 is 10.6 Å². The van der Waals surface area contributed by atoms with Gasteiger partial charge in [-0.3, -0.25) is 4.90 Å². The second-order valence-electron chi connectivity index (χ2n) is 7.80. The fraction of sp³-hybridized carbons (Fsp3) is 0.650. The first-order valence-electron chi connectivity index (χ1n) is 10.3. The summed E-state index contributed by atoms with van der Waals surface area (Å²) in [7, 11) is 1.93. The van der Waals surface area contributed by atoms with E-state index in [0.717, 1.165) is 31.3 Å². The average Bonchev–Trinajstić information content (AvgIpc) is 3.45. The summed E-state index contributed by atoms with van der Waals surface area (Å²) in [6, 6.07) is 4.04. The molecule has 3 rings (SSSR count). The molecular formula is C20H34IN7O2. The third-order valence-corrected chi connectivity index (χ3v) is 5.62. The summed E-state index contributed by atoms with van der Waals surface area (Å²) in [4.78, 5) is 7.16. The first-order chi connectivity index (χ1) is 13.9. The maximum atomic E-state index is 10.7. The first-order valence-corrected chi connectivity index (χ1v) is 10.3. The Bertz CT molecular complexity index is 804. The van der Waals surface area contributed by atoms with Gasteiger partial charge < -0.3 is 24.7 Å². The van der Waals surface area contributed by atoms with Crippen molar-refractivity contribution in [3.05, 3.63) is 35.8 Å². The van der Waals surface area contributed by atoms with Crippen molar-refractivity contribution in [3.8, 4) is 0 Å². The highest BCUT2D eigenvalue weighted by atomic mass is 127. The molecule has 1 saturated heterocycles. The maximum Gasteiger partial charge on any atom is 0.191 e. The molecule has 168 valence electrons. The Kier molecular flexibility index (Phi) is 9.10. The highest BCUT2D eigenvalue weighted by molar-refractivity contribution is 14.0. The van der Waals surface area contributed by atoms with Crippen molar-refractivity contribution in [3.63, 3.8) is 0 Å². The van der Waals surface area contributed by atoms with E-state index in [1.807, 2.05) is 18.5 Å². The van der Waals surface area contributed by atoms with E-state index in [2.05, 4.69) is 37.6 Å². The van der Waals surface area contributed by atoms with Gasteiger partial charge in [0, 0.05) is 19.6 Å². The molecule has 1 fully saturated rings. The molecule has 0 amide bonds. The van der Waals surface area contributed by atoms with Crippen LogP contribution in [-0.2, 0) is 19.2 Å². The molecule has 2 aromatic heterocycles. The molecule has 9 nitrogen and oxygen atoms in total. The fourth-order valence-electron chi connectivity index (χ4n) is 3.60. The minimum absolute atomic E-state index is 0. The molecule has 3 heterocycles. The van der Waals surface area contributed by atoms with E-state index in [1.165, 1.54) is 12.8 Å². The lowest BCUT2D eigenvalue weighted by Gasteiger charge is -2.26. The van der Waals surface area contributed by atoms with Gasteiger partial charge in [-0.15, -0.1) is 34.2 Å². The van der Waals surface area contributed by atoms with Gasteiger partial charge in [-0.25, -0.2) is 4.99 Å². The lowest BCUT2D eigenvalue weighted by atomic mass is 10.0. The second-order valence-corrected chi connectivity index (χ2v) is 7.80. The zero-order chi connectivity index (χ0) is 20.9. The van der Waals surface area contributed by atoms with Gasteiger partial charge in [0.15, 0.2) is 11.8 Å². The molecule has 0 bridgehead atoms. The second kappa shape index (κ2) is 11.1. The quantitative estimate of drug-likeness (QED) is 0.271. The van der Waals surface area contributed by atoms with E-state index in [-0.39, 0.29) is 30.5 Å². The van der Waals surface area contributed by atoms with Gasteiger partial charge in [0.05, 0.1) is 12.8 Å². The molecule has 0 radical (unpaired) electrons. The molecule has 0 aliphatic carbocycles. The highest BCUT2D eigenvalue weighted by Crippen LogP contribution is 2.20. The largest absolute Gasteiger partial charge is 0.466 e. The normalized spacial score (nSPS) is 19.4. The van der Waals surface area contributed by atoms with Crippen molar-refractivity contribution in [1.82, 2.24) is 30.3 Å². The van der Waals surface area contributed by atoms with Gasteiger partial charge >= 0.3 is 0 Å². The van der Waals surface area contributed by atoms with Gasteiger partial charge in [0.1, 0.15) is 23.7 Å². The molecule has 0 saturated carbocycles. The Hall–Kier alpha value is -1.66. The lowest BCUT2D eigenvalue weighted by Crippen LogP contribution is -2.48. The number of nitrogens with one attached hydrogen (secondary N) is 2. The van der Waals surface area contributed by atoms with Gasteiger partial charge in [-0.05, 0) is 51.9 Å². The number of aliphatic imine (C=N–C) groups is 1. The van der Waals surface area contributed by atoms with Crippen molar-refractivity contribution >= 4 is 29.9 Å². The minimum atomic E-state index is -1.14. The van der Waals surface area contributed by atoms with Crippen LogP contribution in [0.25, 0.3) is 0 Å². The van der Waals surface area contributed by atoms with Crippen LogP contribution in [0, 0.1) is 6.92 Å². The number of likely N-dealkylation sites (tertiary alicyclic amines) is 1. The molecule has 1 aliphatic rings. The molecular weight excluding hydrogens is 497 g/mol. The van der Waals surface area contributed by atoms with E-state index >= 15 is 0 Å². The topological polar surface area (TPSA) is 104 Å². The minimum Gasteiger partial charge on any atom is -0.466 e. The summed E-state index contributed by atoms with van der Waals surface area (Å²) in [6.07, 6.45) is 3.97. The van der Waals surface area contributed by atoms with Crippen LogP contribution in [0.3, 0.4) is 0 Å². The standard InChI is InChI=1S/C20H33N7O2.HI/c1-5-27-10-6-8-16(27)12-21-19(22-13-18-25-24-15(2)26(18)4)23-14-20(3,28)17-9-7-11-29-17;/h7,9,11,16,28H,5-6,8,10,12-14H2,1-4H3,(H2,21,22,23);1H. The summed E-state index contributed by atoms with van der Waals surface area (Å²) >= 11 is 0. The van der Waals surface area contributed by atoms with Crippen molar-refractivity contribution in [2.24, 2.45) is 12.0 Å². The number of guanidine groups is 1. The number of hydrogen-bond acceptors (Lipinski definition) is 6. The molecule has 1 aliphatic heterocycles. The van der Waals surface area contributed by atoms with Crippen LogP contribution >= 0.6 is 24.0 Å². The Morgan fingerprint density at radius 3 is 2.83 bits per heavy atom. The summed E-state index contributed by atoms with van der Waals surface area (Å²) in [6.45, 7) is 9.51. The van der Waals surface area contributed by atoms with Crippen molar-refractivity contribution in [2.45, 2.75) is 51.8 Å². The van der Waals surface area contributed by atoms with E-state index in [0.29, 0.717) is 24.3 Å². The van der Waals surface area contributed by atoms with Crippen LogP contribution in [0.15, 0.2) is 27.8 Å². The van der Waals surface area contributed by atoms with Crippen molar-refractivity contribution < 1.29 is 9.52 Å². The van der Waals surface area contributed by atoms with Crippen LogP contribution in [0.1, 0.15) is 44.1 Å². The van der Waals surface area contributed by atoms with E-state index in [1.54, 1.807) is 25.3 Å². The fourth-order valence-corrected chi connectivity index (χ4v) is 3.60. The molecule has 2 atom stereocenters. The SMILES string of the molecule is CCN1CCCC1CNC(=NCc1nnc(C)n1C)NCC(C)(O)c1ccco1.I. The molecule has 3 N–H and O–H groups in total. The predicted molar refractivity (Wildman–Crippen MR) is 127 cm³/mol. The van der Waals surface area contributed by atoms with Gasteiger partial charge in [-0.2, -0.15) is 0 Å². The number of aliphatic hydroxyl groups is 1. The van der Waals surface area contributed by atoms with E-state index in [9.17, 15) is 5.11 Å². The Balaban J connectivity index is 0.00000320. The summed E-state index contributed by atoms with van der Waals surface area (Å²) in [5.41, 5.74) is -1.14. The molecule has 30 heavy (non-hydrogen) atoms. The number of aryl methyl sites for hydroxylation is 1. The third kappa shape index (κ3) is 6.17. The van der Waals surface area contributed by atoms with Crippen LogP contribution in [0.2, 0.25) is 0 Å². The molecule has 2 aromatic rings. The average molecular weight is 531 g/mol. The number of nitrogens with zero attached hydrogens (tertiary/aromatic N) is 5. The number of likely N-dealkylation sites (N-methyl/N-ethyl adjacent to an activating group) is 1. The number of rotatable bonds is 8. The third-order valence-electron chi connectivity index (χ3n) is 5.62. The highest BCUT2D eigenvalue weighted by Gasteiger charge is 2.27. The number of hydrogen-bond donors (Lipinski definition) is 3. The molecule has 2 unspecified atom stereocenters. The van der Waals surface area contributed by atoms with Crippen LogP contribution in [0.4, 0.5) is 0 Å². The van der Waals surface area contributed by atoms with Gasteiger partial charge in [-0.1, -0.05) is 6.92 Å². The Morgan fingerprint density at radius 2 is 2.20 bits per heavy atom. The van der Waals surface area contributed by atoms with Crippen molar-refractivity contribution in [2.75, 3.05) is 26.2 Å². The van der Waals surface area contributed by atoms with Gasteiger partial charge in [0.2, 0.25) is 0 Å². The maximum absolute atomic E-state index is 10.7. The zero-order valence-corrected chi connectivity index (χ0v) is 20.6. The predicted octanol–water partition coefficient (Wildman–Crippen LogP) is 1.76. The number of halogens is 1. The van der Waals surface area contributed by atoms with Crippen molar-refractivity contribution in [1.29, 1.82) is 0 Å². The summed E-state index contributed by atoms with van der Waals surface area (Å²) in [5, 5.41) is 25.7. The zero-order valence-electron chi connectivity index (χ0n) is 18.3. The summed E-state index contributed by atoms with van der Waals surface area (Å²) < 4.78 is 7.30. The monoisotopic (exact) mass is 531 g/mol. The van der Waals surface area contributed by atoms with E-state index in [4.69, 9.17) is 4.42 Å². The number of aromatic nitrogens is 3. The van der Waals surface area contributed by atoms with E-state index < -0.39 is 5.60 Å². The molecule has 0 aromatic carbocycles. The van der Waals surface area contributed by atoms with Gasteiger partial charge in [0.25, 0.3) is 0 Å². The summed E-state index contributed by atoms with van der Waals surface area (Å²) in [5.74, 6) is 2.79. The molecule has 0 spiro atoms. The van der Waals surface area contributed by atoms with Crippen LogP contribution in [0.5, 0.6) is 0 Å². The number of furan rings is 1.